The lowest BCUT2D eigenvalue weighted by atomic mass is 9.88. The van der Waals surface area contributed by atoms with Crippen LogP contribution in [0.15, 0.2) is 18.2 Å². The van der Waals surface area contributed by atoms with Crippen LogP contribution in [0.5, 0.6) is 0 Å². The van der Waals surface area contributed by atoms with Crippen LogP contribution in [0, 0.1) is 5.92 Å². The summed E-state index contributed by atoms with van der Waals surface area (Å²) in [7, 11) is 1.97. The van der Waals surface area contributed by atoms with Gasteiger partial charge in [0.05, 0.1) is 0 Å². The highest BCUT2D eigenvalue weighted by Gasteiger charge is 2.26. The van der Waals surface area contributed by atoms with Gasteiger partial charge in [0.25, 0.3) is 0 Å². The Kier molecular flexibility index (Phi) is 3.43. The summed E-state index contributed by atoms with van der Waals surface area (Å²) in [5.41, 5.74) is 3.98. The number of hydrogen-bond acceptors (Lipinski definition) is 2. The fourth-order valence-corrected chi connectivity index (χ4v) is 2.68. The van der Waals surface area contributed by atoms with Gasteiger partial charge in [0.1, 0.15) is 6.23 Å². The van der Waals surface area contributed by atoms with E-state index >= 15 is 0 Å². The molecule has 0 aromatic heterocycles. The molecule has 94 valence electrons. The number of aliphatic hydroxyl groups is 1. The lowest BCUT2D eigenvalue weighted by Gasteiger charge is -2.36. The average molecular weight is 233 g/mol. The van der Waals surface area contributed by atoms with Gasteiger partial charge >= 0.3 is 0 Å². The standard InChI is InChI=1S/C15H23NO/c1-10(2)7-12-5-6-14-13(9-12)11(3)8-15(17)16(14)4/h5-6,9-11,15,17H,7-8H2,1-4H3. The number of rotatable bonds is 2. The Morgan fingerprint density at radius 3 is 2.76 bits per heavy atom. The van der Waals surface area contributed by atoms with Gasteiger partial charge in [-0.1, -0.05) is 32.9 Å². The molecule has 1 aromatic rings. The van der Waals surface area contributed by atoms with Gasteiger partial charge in [-0.2, -0.15) is 0 Å². The Labute approximate surface area is 104 Å². The molecule has 1 aliphatic rings. The first-order chi connectivity index (χ1) is 7.99. The van der Waals surface area contributed by atoms with Crippen LogP contribution in [0.2, 0.25) is 0 Å². The molecule has 0 radical (unpaired) electrons. The molecule has 2 atom stereocenters. The number of aliphatic hydroxyl groups excluding tert-OH is 1. The molecule has 2 unspecified atom stereocenters. The van der Waals surface area contributed by atoms with E-state index in [1.54, 1.807) is 0 Å². The maximum absolute atomic E-state index is 9.94. The van der Waals surface area contributed by atoms with E-state index < -0.39 is 0 Å². The molecule has 2 nitrogen and oxygen atoms in total. The fraction of sp³-hybridized carbons (Fsp3) is 0.600. The highest BCUT2D eigenvalue weighted by Crippen LogP contribution is 2.37. The zero-order chi connectivity index (χ0) is 12.6. The lowest BCUT2D eigenvalue weighted by molar-refractivity contribution is 0.151. The summed E-state index contributed by atoms with van der Waals surface area (Å²) in [6.45, 7) is 6.70. The number of nitrogens with zero attached hydrogens (tertiary/aromatic N) is 1. The Bertz CT molecular complexity index is 400. The second-order valence-electron chi connectivity index (χ2n) is 5.72. The summed E-state index contributed by atoms with van der Waals surface area (Å²) >= 11 is 0. The first-order valence-electron chi connectivity index (χ1n) is 6.52. The minimum absolute atomic E-state index is 0.339. The molecule has 2 heteroatoms. The summed E-state index contributed by atoms with van der Waals surface area (Å²) in [6.07, 6.45) is 1.62. The molecule has 1 heterocycles. The maximum Gasteiger partial charge on any atom is 0.127 e. The average Bonchev–Trinajstić information content (AvgIpc) is 2.25. The second kappa shape index (κ2) is 4.69. The van der Waals surface area contributed by atoms with Crippen molar-refractivity contribution in [2.75, 3.05) is 11.9 Å². The van der Waals surface area contributed by atoms with Crippen molar-refractivity contribution in [2.45, 2.75) is 45.8 Å². The largest absolute Gasteiger partial charge is 0.374 e. The number of anilines is 1. The highest BCUT2D eigenvalue weighted by atomic mass is 16.3. The van der Waals surface area contributed by atoms with Crippen LogP contribution in [0.1, 0.15) is 44.2 Å². The summed E-state index contributed by atoms with van der Waals surface area (Å²) < 4.78 is 0. The summed E-state index contributed by atoms with van der Waals surface area (Å²) in [5.74, 6) is 1.14. The van der Waals surface area contributed by atoms with Crippen molar-refractivity contribution >= 4 is 5.69 Å². The van der Waals surface area contributed by atoms with Gasteiger partial charge in [-0.05, 0) is 41.9 Å². The van der Waals surface area contributed by atoms with E-state index in [-0.39, 0.29) is 6.23 Å². The van der Waals surface area contributed by atoms with Crippen LogP contribution in [0.3, 0.4) is 0 Å². The molecule has 0 amide bonds. The Balaban J connectivity index is 2.34. The monoisotopic (exact) mass is 233 g/mol. The van der Waals surface area contributed by atoms with Crippen molar-refractivity contribution < 1.29 is 5.11 Å². The number of benzene rings is 1. The molecule has 0 saturated heterocycles. The van der Waals surface area contributed by atoms with Gasteiger partial charge in [0, 0.05) is 12.7 Å². The molecule has 1 N–H and O–H groups in total. The molecular formula is C15H23NO. The van der Waals surface area contributed by atoms with Gasteiger partial charge in [-0.25, -0.2) is 0 Å². The van der Waals surface area contributed by atoms with Crippen LogP contribution in [0.4, 0.5) is 5.69 Å². The van der Waals surface area contributed by atoms with Crippen LogP contribution in [0.25, 0.3) is 0 Å². The normalized spacial score (nSPS) is 24.0. The minimum atomic E-state index is -0.339. The minimum Gasteiger partial charge on any atom is -0.374 e. The van der Waals surface area contributed by atoms with Crippen molar-refractivity contribution in [3.8, 4) is 0 Å². The van der Waals surface area contributed by atoms with Gasteiger partial charge in [0.2, 0.25) is 0 Å². The molecule has 1 aliphatic heterocycles. The van der Waals surface area contributed by atoms with Crippen LogP contribution < -0.4 is 4.90 Å². The van der Waals surface area contributed by atoms with E-state index in [2.05, 4.69) is 39.0 Å². The van der Waals surface area contributed by atoms with Gasteiger partial charge in [-0.3, -0.25) is 0 Å². The van der Waals surface area contributed by atoms with Crippen molar-refractivity contribution in [1.29, 1.82) is 0 Å². The van der Waals surface area contributed by atoms with E-state index in [9.17, 15) is 5.11 Å². The van der Waals surface area contributed by atoms with Crippen molar-refractivity contribution in [2.24, 2.45) is 5.92 Å². The van der Waals surface area contributed by atoms with Crippen LogP contribution in [-0.2, 0) is 6.42 Å². The molecule has 0 fully saturated rings. The molecule has 0 spiro atoms. The van der Waals surface area contributed by atoms with Crippen LogP contribution in [-0.4, -0.2) is 18.4 Å². The summed E-state index contributed by atoms with van der Waals surface area (Å²) in [6, 6.07) is 6.68. The topological polar surface area (TPSA) is 23.5 Å². The smallest absolute Gasteiger partial charge is 0.127 e. The summed E-state index contributed by atoms with van der Waals surface area (Å²) in [4.78, 5) is 1.98. The maximum atomic E-state index is 9.94. The summed E-state index contributed by atoms with van der Waals surface area (Å²) in [5, 5.41) is 9.94. The molecular weight excluding hydrogens is 210 g/mol. The first-order valence-corrected chi connectivity index (χ1v) is 6.52. The molecule has 0 saturated carbocycles. The second-order valence-corrected chi connectivity index (χ2v) is 5.72. The zero-order valence-electron chi connectivity index (χ0n) is 11.3. The fourth-order valence-electron chi connectivity index (χ4n) is 2.68. The Morgan fingerprint density at radius 1 is 1.41 bits per heavy atom. The van der Waals surface area contributed by atoms with E-state index in [4.69, 9.17) is 0 Å². The first kappa shape index (κ1) is 12.4. The Hall–Kier alpha value is -1.02. The third-order valence-corrected chi connectivity index (χ3v) is 3.66. The third-order valence-electron chi connectivity index (χ3n) is 3.66. The van der Waals surface area contributed by atoms with E-state index in [0.29, 0.717) is 11.8 Å². The molecule has 0 bridgehead atoms. The molecule has 0 aliphatic carbocycles. The van der Waals surface area contributed by atoms with Crippen LogP contribution >= 0.6 is 0 Å². The van der Waals surface area contributed by atoms with Gasteiger partial charge in [-0.15, -0.1) is 0 Å². The predicted octanol–water partition coefficient (Wildman–Crippen LogP) is 3.15. The van der Waals surface area contributed by atoms with E-state index in [1.807, 2.05) is 11.9 Å². The molecule has 1 aromatic carbocycles. The number of fused-ring (bicyclic) bond motifs is 1. The quantitative estimate of drug-likeness (QED) is 0.848. The lowest BCUT2D eigenvalue weighted by Crippen LogP contribution is -2.37. The van der Waals surface area contributed by atoms with Crippen molar-refractivity contribution in [3.63, 3.8) is 0 Å². The zero-order valence-corrected chi connectivity index (χ0v) is 11.3. The van der Waals surface area contributed by atoms with Crippen molar-refractivity contribution in [3.05, 3.63) is 29.3 Å². The molecule has 2 rings (SSSR count). The van der Waals surface area contributed by atoms with Gasteiger partial charge in [0.15, 0.2) is 0 Å². The number of hydrogen-bond donors (Lipinski definition) is 1. The van der Waals surface area contributed by atoms with E-state index in [0.717, 1.165) is 12.8 Å². The van der Waals surface area contributed by atoms with Gasteiger partial charge < -0.3 is 10.0 Å². The highest BCUT2D eigenvalue weighted by molar-refractivity contribution is 5.58. The van der Waals surface area contributed by atoms with E-state index in [1.165, 1.54) is 16.8 Å². The Morgan fingerprint density at radius 2 is 2.12 bits per heavy atom. The third kappa shape index (κ3) is 2.47. The predicted molar refractivity (Wildman–Crippen MR) is 72.4 cm³/mol. The SMILES string of the molecule is CC(C)Cc1ccc2c(c1)C(C)CC(O)N2C. The molecule has 17 heavy (non-hydrogen) atoms. The van der Waals surface area contributed by atoms with Crippen molar-refractivity contribution in [1.82, 2.24) is 0 Å².